The highest BCUT2D eigenvalue weighted by Crippen LogP contribution is 2.22. The van der Waals surface area contributed by atoms with Crippen molar-refractivity contribution in [1.29, 1.82) is 0 Å². The number of aliphatic imine (C=N–C) groups is 1. The number of aliphatic hydroxyl groups is 1. The summed E-state index contributed by atoms with van der Waals surface area (Å²) < 4.78 is 5.20. The normalized spacial score (nSPS) is 13.3. The standard InChI is InChI=1S/C20H26ClN3O2.HI/c1-4-22-20(24-14(2)17-10-5-6-11-18(17)21)23-13-19(25)15-8-7-9-16(12-15)26-3;/h5-12,14,19,25H,4,13H2,1-3H3,(H2,22,23,24);1H. The number of benzene rings is 2. The molecule has 0 radical (unpaired) electrons. The number of hydrogen-bond donors (Lipinski definition) is 3. The van der Waals surface area contributed by atoms with Gasteiger partial charge in [0.15, 0.2) is 5.96 Å². The van der Waals surface area contributed by atoms with Crippen LogP contribution in [0.1, 0.15) is 37.1 Å². The average Bonchev–Trinajstić information content (AvgIpc) is 2.66. The van der Waals surface area contributed by atoms with Crippen molar-refractivity contribution in [3.63, 3.8) is 0 Å². The van der Waals surface area contributed by atoms with E-state index in [-0.39, 0.29) is 36.6 Å². The molecule has 2 aromatic carbocycles. The number of ether oxygens (including phenoxy) is 1. The van der Waals surface area contributed by atoms with Crippen LogP contribution in [0.4, 0.5) is 0 Å². The zero-order chi connectivity index (χ0) is 18.9. The maximum atomic E-state index is 10.4. The van der Waals surface area contributed by atoms with Crippen LogP contribution < -0.4 is 15.4 Å². The molecule has 0 amide bonds. The fourth-order valence-corrected chi connectivity index (χ4v) is 2.86. The molecule has 0 fully saturated rings. The quantitative estimate of drug-likeness (QED) is 0.299. The summed E-state index contributed by atoms with van der Waals surface area (Å²) >= 11 is 6.26. The highest BCUT2D eigenvalue weighted by atomic mass is 127. The molecule has 2 rings (SSSR count). The van der Waals surface area contributed by atoms with E-state index >= 15 is 0 Å². The smallest absolute Gasteiger partial charge is 0.191 e. The first-order valence-corrected chi connectivity index (χ1v) is 9.04. The Morgan fingerprint density at radius 2 is 1.96 bits per heavy atom. The summed E-state index contributed by atoms with van der Waals surface area (Å²) in [7, 11) is 1.60. The van der Waals surface area contributed by atoms with Gasteiger partial charge in [-0.3, -0.25) is 4.99 Å². The number of aliphatic hydroxyl groups excluding tert-OH is 1. The van der Waals surface area contributed by atoms with E-state index in [1.807, 2.05) is 62.4 Å². The van der Waals surface area contributed by atoms with E-state index in [1.165, 1.54) is 0 Å². The first kappa shape index (κ1) is 23.5. The van der Waals surface area contributed by atoms with Crippen LogP contribution in [0, 0.1) is 0 Å². The van der Waals surface area contributed by atoms with E-state index in [4.69, 9.17) is 16.3 Å². The fraction of sp³-hybridized carbons (Fsp3) is 0.350. The molecule has 5 nitrogen and oxygen atoms in total. The molecule has 7 heteroatoms. The summed E-state index contributed by atoms with van der Waals surface area (Å²) in [5.41, 5.74) is 1.76. The SMILES string of the molecule is CCNC(=NCC(O)c1cccc(OC)c1)NC(C)c1ccccc1Cl.I. The van der Waals surface area contributed by atoms with Gasteiger partial charge in [0, 0.05) is 11.6 Å². The third kappa shape index (κ3) is 7.20. The van der Waals surface area contributed by atoms with Crippen LogP contribution >= 0.6 is 35.6 Å². The Kier molecular flexibility index (Phi) is 10.5. The van der Waals surface area contributed by atoms with Gasteiger partial charge < -0.3 is 20.5 Å². The van der Waals surface area contributed by atoms with Crippen LogP contribution in [-0.2, 0) is 0 Å². The molecule has 0 spiro atoms. The third-order valence-electron chi connectivity index (χ3n) is 3.97. The monoisotopic (exact) mass is 503 g/mol. The molecule has 0 aromatic heterocycles. The summed E-state index contributed by atoms with van der Waals surface area (Å²) in [6, 6.07) is 15.1. The number of hydrogen-bond acceptors (Lipinski definition) is 3. The molecular formula is C20H27ClIN3O2. The van der Waals surface area contributed by atoms with Crippen LogP contribution in [-0.4, -0.2) is 31.3 Å². The van der Waals surface area contributed by atoms with Gasteiger partial charge in [-0.05, 0) is 43.2 Å². The zero-order valence-corrected chi connectivity index (χ0v) is 18.9. The van der Waals surface area contributed by atoms with Gasteiger partial charge in [0.05, 0.1) is 25.8 Å². The molecule has 0 aliphatic heterocycles. The molecule has 0 aliphatic rings. The molecule has 0 saturated heterocycles. The maximum Gasteiger partial charge on any atom is 0.191 e. The van der Waals surface area contributed by atoms with Crippen LogP contribution in [0.3, 0.4) is 0 Å². The Labute approximate surface area is 183 Å². The lowest BCUT2D eigenvalue weighted by atomic mass is 10.1. The molecule has 3 N–H and O–H groups in total. The highest BCUT2D eigenvalue weighted by Gasteiger charge is 2.12. The Balaban J connectivity index is 0.00000364. The minimum absolute atomic E-state index is 0. The van der Waals surface area contributed by atoms with Crippen molar-refractivity contribution >= 4 is 41.5 Å². The first-order chi connectivity index (χ1) is 12.5. The van der Waals surface area contributed by atoms with Crippen molar-refractivity contribution in [2.24, 2.45) is 4.99 Å². The van der Waals surface area contributed by atoms with E-state index < -0.39 is 6.10 Å². The van der Waals surface area contributed by atoms with Gasteiger partial charge in [0.1, 0.15) is 5.75 Å². The maximum absolute atomic E-state index is 10.4. The predicted octanol–water partition coefficient (Wildman–Crippen LogP) is 4.32. The van der Waals surface area contributed by atoms with Crippen LogP contribution in [0.2, 0.25) is 5.02 Å². The molecule has 0 bridgehead atoms. The fourth-order valence-electron chi connectivity index (χ4n) is 2.56. The van der Waals surface area contributed by atoms with Gasteiger partial charge in [0.2, 0.25) is 0 Å². The number of nitrogens with zero attached hydrogens (tertiary/aromatic N) is 1. The Hall–Kier alpha value is -1.51. The van der Waals surface area contributed by atoms with Crippen LogP contribution in [0.5, 0.6) is 5.75 Å². The van der Waals surface area contributed by atoms with E-state index in [0.29, 0.717) is 16.7 Å². The minimum atomic E-state index is -0.712. The van der Waals surface area contributed by atoms with Crippen molar-refractivity contribution in [3.05, 3.63) is 64.7 Å². The lowest BCUT2D eigenvalue weighted by Crippen LogP contribution is -2.39. The zero-order valence-electron chi connectivity index (χ0n) is 15.8. The molecular weight excluding hydrogens is 477 g/mol. The molecule has 2 aromatic rings. The first-order valence-electron chi connectivity index (χ1n) is 8.66. The largest absolute Gasteiger partial charge is 0.497 e. The minimum Gasteiger partial charge on any atom is -0.497 e. The highest BCUT2D eigenvalue weighted by molar-refractivity contribution is 14.0. The molecule has 27 heavy (non-hydrogen) atoms. The van der Waals surface area contributed by atoms with Gasteiger partial charge in [0.25, 0.3) is 0 Å². The van der Waals surface area contributed by atoms with Crippen molar-refractivity contribution in [2.75, 3.05) is 20.2 Å². The molecule has 0 aliphatic carbocycles. The van der Waals surface area contributed by atoms with Crippen molar-refractivity contribution < 1.29 is 9.84 Å². The molecule has 148 valence electrons. The second-order valence-corrected chi connectivity index (χ2v) is 6.31. The van der Waals surface area contributed by atoms with Crippen molar-refractivity contribution in [2.45, 2.75) is 26.0 Å². The summed E-state index contributed by atoms with van der Waals surface area (Å²) in [5.74, 6) is 1.34. The van der Waals surface area contributed by atoms with Crippen LogP contribution in [0.25, 0.3) is 0 Å². The van der Waals surface area contributed by atoms with E-state index in [0.717, 1.165) is 17.7 Å². The summed E-state index contributed by atoms with van der Waals surface area (Å²) in [6.07, 6.45) is -0.712. The molecule has 2 atom stereocenters. The van der Waals surface area contributed by atoms with E-state index in [1.54, 1.807) is 7.11 Å². The van der Waals surface area contributed by atoms with Crippen LogP contribution in [0.15, 0.2) is 53.5 Å². The molecule has 0 heterocycles. The van der Waals surface area contributed by atoms with Gasteiger partial charge in [-0.15, -0.1) is 24.0 Å². The second-order valence-electron chi connectivity index (χ2n) is 5.90. The summed E-state index contributed by atoms with van der Waals surface area (Å²) in [6.45, 7) is 4.97. The van der Waals surface area contributed by atoms with Gasteiger partial charge >= 0.3 is 0 Å². The second kappa shape index (κ2) is 12.0. The predicted molar refractivity (Wildman–Crippen MR) is 122 cm³/mol. The summed E-state index contributed by atoms with van der Waals surface area (Å²) in [4.78, 5) is 4.50. The topological polar surface area (TPSA) is 65.9 Å². The summed E-state index contributed by atoms with van der Waals surface area (Å²) in [5, 5.41) is 17.6. The lowest BCUT2D eigenvalue weighted by Gasteiger charge is -2.19. The molecule has 0 saturated carbocycles. The molecule has 2 unspecified atom stereocenters. The van der Waals surface area contributed by atoms with Crippen molar-refractivity contribution in [3.8, 4) is 5.75 Å². The van der Waals surface area contributed by atoms with Gasteiger partial charge in [-0.25, -0.2) is 0 Å². The third-order valence-corrected chi connectivity index (χ3v) is 4.31. The van der Waals surface area contributed by atoms with E-state index in [9.17, 15) is 5.11 Å². The van der Waals surface area contributed by atoms with Gasteiger partial charge in [-0.1, -0.05) is 41.9 Å². The Morgan fingerprint density at radius 3 is 2.63 bits per heavy atom. The number of nitrogens with one attached hydrogen (secondary N) is 2. The number of guanidine groups is 1. The average molecular weight is 504 g/mol. The number of halogens is 2. The van der Waals surface area contributed by atoms with Crippen molar-refractivity contribution in [1.82, 2.24) is 10.6 Å². The van der Waals surface area contributed by atoms with E-state index in [2.05, 4.69) is 15.6 Å². The Bertz CT molecular complexity index is 743. The van der Waals surface area contributed by atoms with Gasteiger partial charge in [-0.2, -0.15) is 0 Å². The lowest BCUT2D eigenvalue weighted by molar-refractivity contribution is 0.186. The Morgan fingerprint density at radius 1 is 1.22 bits per heavy atom. The number of methoxy groups -OCH3 is 1. The number of rotatable bonds is 7.